The second kappa shape index (κ2) is 19.3. The molecule has 0 amide bonds. The van der Waals surface area contributed by atoms with Crippen LogP contribution in [0.4, 0.5) is 0 Å². The van der Waals surface area contributed by atoms with Crippen LogP contribution in [0, 0.1) is 6.92 Å². The summed E-state index contributed by atoms with van der Waals surface area (Å²) in [5.41, 5.74) is 14.0. The summed E-state index contributed by atoms with van der Waals surface area (Å²) < 4.78 is 0. The van der Waals surface area contributed by atoms with Gasteiger partial charge in [0.05, 0.1) is 6.04 Å². The van der Waals surface area contributed by atoms with Crippen LogP contribution in [0.5, 0.6) is 0 Å². The predicted molar refractivity (Wildman–Crippen MR) is 229 cm³/mol. The van der Waals surface area contributed by atoms with Crippen LogP contribution < -0.4 is 20.7 Å². The molecule has 0 aliphatic carbocycles. The van der Waals surface area contributed by atoms with Crippen LogP contribution >= 0.6 is 0 Å². The van der Waals surface area contributed by atoms with Gasteiger partial charge in [-0.2, -0.15) is 0 Å². The Morgan fingerprint density at radius 1 is 0.782 bits per heavy atom. The molecule has 5 heteroatoms. The van der Waals surface area contributed by atoms with Gasteiger partial charge in [-0.1, -0.05) is 178 Å². The van der Waals surface area contributed by atoms with Gasteiger partial charge in [0.1, 0.15) is 0 Å². The van der Waals surface area contributed by atoms with Gasteiger partial charge in [-0.15, -0.1) is 34.8 Å². The average Bonchev–Trinajstić information content (AvgIpc) is 3.97. The van der Waals surface area contributed by atoms with Gasteiger partial charge in [0.25, 0.3) is 0 Å². The molecule has 2 aliphatic rings. The molecule has 55 heavy (non-hydrogen) atoms. The Morgan fingerprint density at radius 3 is 2.05 bits per heavy atom. The van der Waals surface area contributed by atoms with Crippen LogP contribution in [0.25, 0.3) is 27.6 Å². The summed E-state index contributed by atoms with van der Waals surface area (Å²) in [5, 5.41) is 6.82. The average molecular weight is 814 g/mol. The van der Waals surface area contributed by atoms with Crippen molar-refractivity contribution in [2.45, 2.75) is 53.5 Å². The first-order valence-corrected chi connectivity index (χ1v) is 19.2. The van der Waals surface area contributed by atoms with Crippen molar-refractivity contribution in [2.75, 3.05) is 14.1 Å². The third-order valence-corrected chi connectivity index (χ3v) is 9.90. The molecule has 284 valence electrons. The van der Waals surface area contributed by atoms with Crippen LogP contribution in [0.15, 0.2) is 169 Å². The molecule has 0 spiro atoms. The summed E-state index contributed by atoms with van der Waals surface area (Å²) in [7, 11) is 4.06. The Kier molecular flexibility index (Phi) is 14.3. The van der Waals surface area contributed by atoms with E-state index in [0.717, 1.165) is 62.2 Å². The molecule has 0 radical (unpaired) electrons. The van der Waals surface area contributed by atoms with Crippen LogP contribution in [0.3, 0.4) is 0 Å². The summed E-state index contributed by atoms with van der Waals surface area (Å²) in [6.45, 7) is 10.4. The van der Waals surface area contributed by atoms with Gasteiger partial charge in [0.2, 0.25) is 0 Å². The number of nitrogens with zero attached hydrogens (tertiary/aromatic N) is 4. The van der Waals surface area contributed by atoms with E-state index < -0.39 is 0 Å². The Labute approximate surface area is 341 Å². The van der Waals surface area contributed by atoms with Gasteiger partial charge in [0, 0.05) is 33.2 Å². The molecule has 1 unspecified atom stereocenters. The maximum atomic E-state index is 5.44. The van der Waals surface area contributed by atoms with Crippen molar-refractivity contribution >= 4 is 22.3 Å². The third-order valence-electron chi connectivity index (χ3n) is 9.90. The second-order valence-electron chi connectivity index (χ2n) is 13.2. The maximum Gasteiger partial charge on any atom is 0.0721 e. The summed E-state index contributed by atoms with van der Waals surface area (Å²) in [5.74, 6) is 0. The molecule has 0 saturated heterocycles. The zero-order valence-corrected chi connectivity index (χ0v) is 34.6. The normalized spacial score (nSPS) is 21.1. The second-order valence-corrected chi connectivity index (χ2v) is 13.2. The fourth-order valence-corrected chi connectivity index (χ4v) is 7.34. The van der Waals surface area contributed by atoms with E-state index in [9.17, 15) is 0 Å². The third kappa shape index (κ3) is 8.81. The first-order chi connectivity index (χ1) is 26.5. The van der Waals surface area contributed by atoms with Gasteiger partial charge >= 0.3 is 0 Å². The largest absolute Gasteiger partial charge is 0.686 e. The molecule has 0 fully saturated rings. The number of rotatable bonds is 7. The van der Waals surface area contributed by atoms with E-state index in [0.29, 0.717) is 6.42 Å². The van der Waals surface area contributed by atoms with E-state index in [2.05, 4.69) is 184 Å². The number of aryl methyl sites for hydroxylation is 1. The maximum absolute atomic E-state index is 5.44. The molecule has 4 heterocycles. The van der Waals surface area contributed by atoms with Gasteiger partial charge < -0.3 is 20.2 Å². The SMILES string of the molecule is C/C=C(\C=C/CC)C1=c2\cc/c([n-]2)=C(\c2cccc(C)c2)C2C=C/C(=C(\c3ccccc3)c3ccc([n-]3)/C(c3ccccc3)=C([N-]C)/C=C\C\1)N2C.CC.[Pd]. The van der Waals surface area contributed by atoms with E-state index in [1.165, 1.54) is 27.8 Å². The van der Waals surface area contributed by atoms with Crippen molar-refractivity contribution in [2.24, 2.45) is 0 Å². The molecular formula is C50H51N4Pd-3. The summed E-state index contributed by atoms with van der Waals surface area (Å²) in [4.78, 5) is 13.2. The number of aromatic nitrogens is 2. The Bertz CT molecular complexity index is 2380. The summed E-state index contributed by atoms with van der Waals surface area (Å²) in [6.07, 6.45) is 17.2. The summed E-state index contributed by atoms with van der Waals surface area (Å²) >= 11 is 0. The van der Waals surface area contributed by atoms with Crippen molar-refractivity contribution in [3.8, 4) is 0 Å². The summed E-state index contributed by atoms with van der Waals surface area (Å²) in [6, 6.07) is 38.5. The number of likely N-dealkylation sites (N-methyl/N-ethyl adjacent to an activating group) is 2. The van der Waals surface area contributed by atoms with Crippen molar-refractivity contribution < 1.29 is 20.4 Å². The molecule has 2 aliphatic heterocycles. The smallest absolute Gasteiger partial charge is 0.0721 e. The van der Waals surface area contributed by atoms with Gasteiger partial charge in [-0.3, -0.25) is 0 Å². The minimum absolute atomic E-state index is 0. The van der Waals surface area contributed by atoms with Crippen LogP contribution in [0.2, 0.25) is 0 Å². The Hall–Kier alpha value is -5.34. The minimum Gasteiger partial charge on any atom is -0.686 e. The van der Waals surface area contributed by atoms with E-state index >= 15 is 0 Å². The number of hydrogen-bond acceptors (Lipinski definition) is 1. The number of fused-ring (bicyclic) bond motifs is 6. The molecule has 1 atom stereocenters. The van der Waals surface area contributed by atoms with Gasteiger partial charge in [0.15, 0.2) is 0 Å². The van der Waals surface area contributed by atoms with Crippen LogP contribution in [-0.2, 0) is 20.4 Å². The zero-order chi connectivity index (χ0) is 38.0. The number of allylic oxidation sites excluding steroid dienone is 7. The molecule has 2 aromatic heterocycles. The van der Waals surface area contributed by atoms with E-state index in [-0.39, 0.29) is 26.5 Å². The predicted octanol–water partition coefficient (Wildman–Crippen LogP) is 10.2. The van der Waals surface area contributed by atoms with Crippen LogP contribution in [-0.4, -0.2) is 25.0 Å². The minimum atomic E-state index is -0.0434. The zero-order valence-electron chi connectivity index (χ0n) is 33.0. The molecule has 4 nitrogen and oxygen atoms in total. The van der Waals surface area contributed by atoms with E-state index in [1.807, 2.05) is 20.9 Å². The van der Waals surface area contributed by atoms with Crippen molar-refractivity contribution in [1.82, 2.24) is 14.9 Å². The fraction of sp³-hybridized carbons (Fsp3) is 0.200. The van der Waals surface area contributed by atoms with Crippen molar-refractivity contribution in [3.63, 3.8) is 0 Å². The first-order valence-electron chi connectivity index (χ1n) is 19.2. The Morgan fingerprint density at radius 2 is 1.42 bits per heavy atom. The molecular weight excluding hydrogens is 763 g/mol. The standard InChI is InChI=1S/C48H45N4.C2H6.Pd/c1-6-8-18-34(7-2)38-24-16-25-40(49-4)46(35-19-11-9-12-20-35)41-28-29-42(51-41)47(36-21-13-10-14-22-36)44-30-31-45(52(44)5)48(43-27-26-39(38)50-43)37-23-15-17-33(3)32-37;1-2;/h7-23,25-32,45H,6,24H2,1-5H3;1-2H3;/q-3;;/b18-8-,25-16-,34-7+,39-38+,46-40-,47-44-,48-43-;;. The topological polar surface area (TPSA) is 45.5 Å². The van der Waals surface area contributed by atoms with E-state index in [4.69, 9.17) is 15.3 Å². The number of benzene rings is 3. The molecule has 6 bridgehead atoms. The van der Waals surface area contributed by atoms with Crippen molar-refractivity contribution in [3.05, 3.63) is 218 Å². The molecule has 3 aromatic carbocycles. The van der Waals surface area contributed by atoms with E-state index in [1.54, 1.807) is 0 Å². The van der Waals surface area contributed by atoms with Crippen molar-refractivity contribution in [1.29, 1.82) is 0 Å². The number of hydrogen-bond donors (Lipinski definition) is 0. The molecule has 5 aromatic rings. The van der Waals surface area contributed by atoms with Gasteiger partial charge in [-0.05, 0) is 71.7 Å². The molecule has 7 rings (SSSR count). The monoisotopic (exact) mass is 813 g/mol. The quantitative estimate of drug-likeness (QED) is 0.121. The Balaban J connectivity index is 0.00000190. The molecule has 0 N–H and O–H groups in total. The molecule has 0 saturated carbocycles. The van der Waals surface area contributed by atoms with Gasteiger partial charge in [-0.25, -0.2) is 0 Å². The first kappa shape index (κ1) is 40.8. The van der Waals surface area contributed by atoms with Crippen LogP contribution in [0.1, 0.15) is 74.2 Å². The fourth-order valence-electron chi connectivity index (χ4n) is 7.34.